The van der Waals surface area contributed by atoms with Crippen molar-refractivity contribution in [1.82, 2.24) is 19.3 Å². The Hall–Kier alpha value is -3.89. The number of pyridine rings is 1. The first-order chi connectivity index (χ1) is 15.1. The van der Waals surface area contributed by atoms with Gasteiger partial charge >= 0.3 is 0 Å². The smallest absolute Gasteiger partial charge is 0.250 e. The molecule has 7 nitrogen and oxygen atoms in total. The predicted molar refractivity (Wildman–Crippen MR) is 116 cm³/mol. The van der Waals surface area contributed by atoms with Gasteiger partial charge in [-0.2, -0.15) is 0 Å². The molecule has 0 saturated heterocycles. The number of benzene rings is 1. The van der Waals surface area contributed by atoms with Crippen molar-refractivity contribution in [3.63, 3.8) is 0 Å². The number of imidazole rings is 1. The van der Waals surface area contributed by atoms with E-state index in [0.29, 0.717) is 31.1 Å². The van der Waals surface area contributed by atoms with E-state index < -0.39 is 6.10 Å². The maximum atomic E-state index is 11.7. The fourth-order valence-corrected chi connectivity index (χ4v) is 3.22. The van der Waals surface area contributed by atoms with Crippen LogP contribution in [0, 0.1) is 11.8 Å². The molecule has 1 atom stereocenters. The largest absolute Gasteiger partial charge is 0.385 e. The highest BCUT2D eigenvalue weighted by Gasteiger charge is 2.12. The minimum absolute atomic E-state index is 0.0183. The van der Waals surface area contributed by atoms with E-state index in [1.807, 2.05) is 41.0 Å². The Morgan fingerprint density at radius 2 is 1.97 bits per heavy atom. The summed E-state index contributed by atoms with van der Waals surface area (Å²) >= 11 is 0. The molecule has 156 valence electrons. The molecule has 0 spiro atoms. The summed E-state index contributed by atoms with van der Waals surface area (Å²) in [6.45, 7) is 2.72. The zero-order chi connectivity index (χ0) is 21.6. The average molecular weight is 414 g/mol. The molecule has 0 unspecified atom stereocenters. The van der Waals surface area contributed by atoms with Gasteiger partial charge in [-0.25, -0.2) is 4.98 Å². The van der Waals surface area contributed by atoms with Crippen LogP contribution < -0.4 is 5.56 Å². The molecule has 3 heterocycles. The molecule has 0 aliphatic heterocycles. The summed E-state index contributed by atoms with van der Waals surface area (Å²) in [4.78, 5) is 15.8. The van der Waals surface area contributed by atoms with E-state index in [-0.39, 0.29) is 5.56 Å². The summed E-state index contributed by atoms with van der Waals surface area (Å²) in [5.41, 5.74) is 2.52. The number of aromatic nitrogens is 4. The van der Waals surface area contributed by atoms with E-state index in [9.17, 15) is 9.90 Å². The van der Waals surface area contributed by atoms with Gasteiger partial charge in [-0.15, -0.1) is 0 Å². The van der Waals surface area contributed by atoms with Crippen LogP contribution in [0.2, 0.25) is 0 Å². The van der Waals surface area contributed by atoms with Gasteiger partial charge < -0.3 is 18.8 Å². The molecule has 4 rings (SSSR count). The molecule has 0 fully saturated rings. The first-order valence-electron chi connectivity index (χ1n) is 9.99. The molecule has 0 bridgehead atoms. The SMILES string of the molecule is C[C@H](O)c1nccn1Cc1cc(-c2ccc(C#CCCn3ccccc3=O)cc2)on1. The highest BCUT2D eigenvalue weighted by Crippen LogP contribution is 2.22. The number of hydrogen-bond donors (Lipinski definition) is 1. The topological polar surface area (TPSA) is 86.1 Å². The maximum Gasteiger partial charge on any atom is 0.250 e. The number of rotatable bonds is 6. The van der Waals surface area contributed by atoms with Crippen LogP contribution in [0.5, 0.6) is 0 Å². The summed E-state index contributed by atoms with van der Waals surface area (Å²) in [5, 5.41) is 13.9. The summed E-state index contributed by atoms with van der Waals surface area (Å²) in [7, 11) is 0. The molecule has 4 aromatic rings. The Kier molecular flexibility index (Phi) is 6.11. The molecule has 31 heavy (non-hydrogen) atoms. The van der Waals surface area contributed by atoms with Crippen LogP contribution >= 0.6 is 0 Å². The lowest BCUT2D eigenvalue weighted by Crippen LogP contribution is -2.17. The molecule has 0 aliphatic carbocycles. The molecule has 1 N–H and O–H groups in total. The van der Waals surface area contributed by atoms with Crippen LogP contribution in [-0.2, 0) is 13.1 Å². The lowest BCUT2D eigenvalue weighted by molar-refractivity contribution is 0.184. The molecule has 0 aliphatic rings. The van der Waals surface area contributed by atoms with Gasteiger partial charge in [0.2, 0.25) is 0 Å². The second-order valence-electron chi connectivity index (χ2n) is 7.13. The van der Waals surface area contributed by atoms with Crippen molar-refractivity contribution in [2.45, 2.75) is 32.5 Å². The lowest BCUT2D eigenvalue weighted by atomic mass is 10.1. The minimum atomic E-state index is -0.649. The molecule has 1 aromatic carbocycles. The van der Waals surface area contributed by atoms with E-state index in [1.165, 1.54) is 0 Å². The van der Waals surface area contributed by atoms with Crippen molar-refractivity contribution in [3.8, 4) is 23.2 Å². The number of nitrogens with zero attached hydrogens (tertiary/aromatic N) is 4. The van der Waals surface area contributed by atoms with E-state index in [1.54, 1.807) is 42.2 Å². The van der Waals surface area contributed by atoms with Gasteiger partial charge in [-0.3, -0.25) is 4.79 Å². The Labute approximate surface area is 179 Å². The maximum absolute atomic E-state index is 11.7. The van der Waals surface area contributed by atoms with Crippen molar-refractivity contribution in [2.75, 3.05) is 0 Å². The minimum Gasteiger partial charge on any atom is -0.385 e. The van der Waals surface area contributed by atoms with Crippen LogP contribution in [-0.4, -0.2) is 24.4 Å². The van der Waals surface area contributed by atoms with Crippen molar-refractivity contribution in [1.29, 1.82) is 0 Å². The van der Waals surface area contributed by atoms with Gasteiger partial charge in [0.15, 0.2) is 5.76 Å². The van der Waals surface area contributed by atoms with Gasteiger partial charge in [0.1, 0.15) is 17.6 Å². The van der Waals surface area contributed by atoms with Crippen molar-refractivity contribution in [2.24, 2.45) is 0 Å². The van der Waals surface area contributed by atoms with Crippen LogP contribution in [0.25, 0.3) is 11.3 Å². The van der Waals surface area contributed by atoms with Crippen LogP contribution in [0.1, 0.15) is 36.5 Å². The Balaban J connectivity index is 1.38. The number of aliphatic hydroxyl groups is 1. The fourth-order valence-electron chi connectivity index (χ4n) is 3.22. The normalized spacial score (nSPS) is 11.7. The Morgan fingerprint density at radius 3 is 2.74 bits per heavy atom. The molecule has 7 heteroatoms. The second kappa shape index (κ2) is 9.28. The van der Waals surface area contributed by atoms with E-state index in [2.05, 4.69) is 22.0 Å². The summed E-state index contributed by atoms with van der Waals surface area (Å²) in [5.74, 6) is 7.48. The van der Waals surface area contributed by atoms with Gasteiger partial charge in [-0.05, 0) is 37.3 Å². The third-order valence-corrected chi connectivity index (χ3v) is 4.79. The second-order valence-corrected chi connectivity index (χ2v) is 7.13. The quantitative estimate of drug-likeness (QED) is 0.490. The zero-order valence-corrected chi connectivity index (χ0v) is 17.1. The van der Waals surface area contributed by atoms with E-state index in [4.69, 9.17) is 4.52 Å². The standard InChI is InChI=1S/C24H22N4O3/c1-18(29)24-25-12-15-28(24)17-21-16-22(31-26-21)20-10-8-19(9-11-20)6-2-4-13-27-14-5-3-7-23(27)30/h3,5,7-12,14-16,18,29H,4,13,17H2,1H3/t18-/m0/s1. The Morgan fingerprint density at radius 1 is 1.13 bits per heavy atom. The van der Waals surface area contributed by atoms with Crippen molar-refractivity contribution < 1.29 is 9.63 Å². The fraction of sp³-hybridized carbons (Fsp3) is 0.208. The number of aryl methyl sites for hydroxylation is 1. The van der Waals surface area contributed by atoms with E-state index >= 15 is 0 Å². The monoisotopic (exact) mass is 414 g/mol. The number of hydrogen-bond acceptors (Lipinski definition) is 5. The Bertz CT molecular complexity index is 1270. The average Bonchev–Trinajstić information content (AvgIpc) is 3.43. The van der Waals surface area contributed by atoms with Gasteiger partial charge in [0, 0.05) is 54.8 Å². The summed E-state index contributed by atoms with van der Waals surface area (Å²) in [6, 6.07) is 14.7. The predicted octanol–water partition coefficient (Wildman–Crippen LogP) is 3.24. The van der Waals surface area contributed by atoms with Crippen molar-refractivity contribution in [3.05, 3.63) is 94.6 Å². The lowest BCUT2D eigenvalue weighted by Gasteiger charge is -2.07. The van der Waals surface area contributed by atoms with Gasteiger partial charge in [0.05, 0.1) is 6.54 Å². The molecule has 0 amide bonds. The first kappa shape index (κ1) is 20.4. The molecule has 0 saturated carbocycles. The molecular weight excluding hydrogens is 392 g/mol. The van der Waals surface area contributed by atoms with Crippen LogP contribution in [0.15, 0.2) is 76.4 Å². The highest BCUT2D eigenvalue weighted by atomic mass is 16.5. The van der Waals surface area contributed by atoms with Crippen LogP contribution in [0.3, 0.4) is 0 Å². The van der Waals surface area contributed by atoms with Gasteiger partial charge in [-0.1, -0.05) is 23.1 Å². The van der Waals surface area contributed by atoms with Crippen molar-refractivity contribution >= 4 is 0 Å². The summed E-state index contributed by atoms with van der Waals surface area (Å²) < 4.78 is 8.97. The highest BCUT2D eigenvalue weighted by molar-refractivity contribution is 5.59. The first-order valence-corrected chi connectivity index (χ1v) is 9.99. The molecule has 3 aromatic heterocycles. The van der Waals surface area contributed by atoms with Gasteiger partial charge in [0.25, 0.3) is 5.56 Å². The molecule has 0 radical (unpaired) electrons. The third-order valence-electron chi connectivity index (χ3n) is 4.79. The van der Waals surface area contributed by atoms with Crippen LogP contribution in [0.4, 0.5) is 0 Å². The zero-order valence-electron chi connectivity index (χ0n) is 17.1. The number of aliphatic hydroxyl groups excluding tert-OH is 1. The summed E-state index contributed by atoms with van der Waals surface area (Å²) in [6.07, 6.45) is 5.17. The third kappa shape index (κ3) is 5.00. The molecular formula is C24H22N4O3. The van der Waals surface area contributed by atoms with E-state index in [0.717, 1.165) is 16.8 Å².